The number of aromatic nitrogens is 2. The average Bonchev–Trinajstić information content (AvgIpc) is 2.90. The van der Waals surface area contributed by atoms with Gasteiger partial charge in [0.15, 0.2) is 0 Å². The van der Waals surface area contributed by atoms with Crippen molar-refractivity contribution in [1.29, 1.82) is 0 Å². The lowest BCUT2D eigenvalue weighted by atomic mass is 10.1. The van der Waals surface area contributed by atoms with Gasteiger partial charge in [-0.15, -0.1) is 0 Å². The maximum atomic E-state index is 11.0. The average molecular weight is 296 g/mol. The highest BCUT2D eigenvalue weighted by atomic mass is 16.5. The van der Waals surface area contributed by atoms with E-state index in [9.17, 15) is 4.79 Å². The van der Waals surface area contributed by atoms with Crippen molar-refractivity contribution in [1.82, 2.24) is 9.97 Å². The fourth-order valence-electron chi connectivity index (χ4n) is 2.29. The van der Waals surface area contributed by atoms with E-state index < -0.39 is 5.97 Å². The number of carbonyl (C=O) groups is 1. The van der Waals surface area contributed by atoms with Gasteiger partial charge in [0.2, 0.25) is 5.88 Å². The lowest BCUT2D eigenvalue weighted by Gasteiger charge is -2.09. The summed E-state index contributed by atoms with van der Waals surface area (Å²) in [6.45, 7) is 3.91. The second-order valence-electron chi connectivity index (χ2n) is 5.34. The Kier molecular flexibility index (Phi) is 3.55. The number of rotatable bonds is 4. The Bertz CT molecular complexity index is 820. The lowest BCUT2D eigenvalue weighted by Crippen LogP contribution is -2.06. The van der Waals surface area contributed by atoms with Crippen LogP contribution in [0.4, 0.5) is 0 Å². The topological polar surface area (TPSA) is 75.2 Å². The number of nitrogens with zero attached hydrogens (tertiary/aromatic N) is 1. The lowest BCUT2D eigenvalue weighted by molar-refractivity contribution is 0.0691. The summed E-state index contributed by atoms with van der Waals surface area (Å²) in [4.78, 5) is 18.1. The molecule has 0 fully saturated rings. The third-order valence-corrected chi connectivity index (χ3v) is 3.28. The number of H-pyrrole nitrogens is 1. The molecule has 1 aromatic carbocycles. The monoisotopic (exact) mass is 296 g/mol. The Morgan fingerprint density at radius 3 is 2.59 bits per heavy atom. The third-order valence-electron chi connectivity index (χ3n) is 3.28. The predicted molar refractivity (Wildman–Crippen MR) is 84.3 cm³/mol. The molecule has 0 aliphatic rings. The van der Waals surface area contributed by atoms with E-state index >= 15 is 0 Å². The summed E-state index contributed by atoms with van der Waals surface area (Å²) < 4.78 is 5.52. The predicted octanol–water partition coefficient (Wildman–Crippen LogP) is 3.72. The molecule has 22 heavy (non-hydrogen) atoms. The van der Waals surface area contributed by atoms with Gasteiger partial charge in [-0.3, -0.25) is 0 Å². The SMILES string of the molecule is CC(C)Oc1ccc(-c2ccc3[nH]c(C(=O)O)cc3c2)cn1. The first kappa shape index (κ1) is 14.1. The first-order chi connectivity index (χ1) is 10.5. The second-order valence-corrected chi connectivity index (χ2v) is 5.34. The Labute approximate surface area is 127 Å². The fraction of sp³-hybridized carbons (Fsp3) is 0.176. The van der Waals surface area contributed by atoms with Crippen LogP contribution in [0.2, 0.25) is 0 Å². The van der Waals surface area contributed by atoms with E-state index in [1.165, 1.54) is 0 Å². The number of carboxylic acids is 1. The zero-order valence-corrected chi connectivity index (χ0v) is 12.3. The van der Waals surface area contributed by atoms with Crippen molar-refractivity contribution < 1.29 is 14.6 Å². The molecule has 0 unspecified atom stereocenters. The van der Waals surface area contributed by atoms with Crippen LogP contribution in [0.1, 0.15) is 24.3 Å². The van der Waals surface area contributed by atoms with E-state index in [0.29, 0.717) is 5.88 Å². The molecule has 0 aliphatic heterocycles. The Balaban J connectivity index is 1.94. The number of hydrogen-bond acceptors (Lipinski definition) is 3. The van der Waals surface area contributed by atoms with Crippen LogP contribution in [0, 0.1) is 0 Å². The van der Waals surface area contributed by atoms with Gasteiger partial charge >= 0.3 is 5.97 Å². The Morgan fingerprint density at radius 1 is 1.18 bits per heavy atom. The first-order valence-corrected chi connectivity index (χ1v) is 7.02. The molecular formula is C17H16N2O3. The summed E-state index contributed by atoms with van der Waals surface area (Å²) >= 11 is 0. The molecule has 2 heterocycles. The number of aromatic amines is 1. The maximum absolute atomic E-state index is 11.0. The molecule has 5 nitrogen and oxygen atoms in total. The van der Waals surface area contributed by atoms with Crippen LogP contribution in [-0.4, -0.2) is 27.1 Å². The summed E-state index contributed by atoms with van der Waals surface area (Å²) in [6, 6.07) is 11.2. The molecule has 0 amide bonds. The van der Waals surface area contributed by atoms with Crippen LogP contribution in [0.5, 0.6) is 5.88 Å². The van der Waals surface area contributed by atoms with Crippen LogP contribution >= 0.6 is 0 Å². The quantitative estimate of drug-likeness (QED) is 0.769. The molecule has 2 N–H and O–H groups in total. The van der Waals surface area contributed by atoms with E-state index in [0.717, 1.165) is 22.0 Å². The van der Waals surface area contributed by atoms with Gasteiger partial charge in [0, 0.05) is 28.7 Å². The number of nitrogens with one attached hydrogen (secondary N) is 1. The van der Waals surface area contributed by atoms with Crippen molar-refractivity contribution in [3.8, 4) is 17.0 Å². The number of hydrogen-bond donors (Lipinski definition) is 2. The minimum Gasteiger partial charge on any atom is -0.477 e. The molecule has 5 heteroatoms. The first-order valence-electron chi connectivity index (χ1n) is 7.02. The van der Waals surface area contributed by atoms with Crippen LogP contribution in [0.15, 0.2) is 42.6 Å². The van der Waals surface area contributed by atoms with Crippen LogP contribution in [0.25, 0.3) is 22.0 Å². The molecular weight excluding hydrogens is 280 g/mol. The highest BCUT2D eigenvalue weighted by molar-refractivity contribution is 5.95. The van der Waals surface area contributed by atoms with Gasteiger partial charge in [0.1, 0.15) is 5.69 Å². The van der Waals surface area contributed by atoms with Crippen molar-refractivity contribution in [2.45, 2.75) is 20.0 Å². The molecule has 0 radical (unpaired) electrons. The summed E-state index contributed by atoms with van der Waals surface area (Å²) in [5, 5.41) is 9.88. The maximum Gasteiger partial charge on any atom is 0.352 e. The largest absolute Gasteiger partial charge is 0.477 e. The van der Waals surface area contributed by atoms with Gasteiger partial charge in [-0.2, -0.15) is 0 Å². The van der Waals surface area contributed by atoms with Gasteiger partial charge in [-0.25, -0.2) is 9.78 Å². The van der Waals surface area contributed by atoms with E-state index in [4.69, 9.17) is 9.84 Å². The highest BCUT2D eigenvalue weighted by Crippen LogP contribution is 2.25. The number of carboxylic acid groups (broad SMARTS) is 1. The van der Waals surface area contributed by atoms with Gasteiger partial charge in [-0.1, -0.05) is 6.07 Å². The van der Waals surface area contributed by atoms with Crippen LogP contribution < -0.4 is 4.74 Å². The van der Waals surface area contributed by atoms with Crippen molar-refractivity contribution in [3.05, 3.63) is 48.3 Å². The summed E-state index contributed by atoms with van der Waals surface area (Å²) in [5.74, 6) is -0.371. The van der Waals surface area contributed by atoms with E-state index in [1.54, 1.807) is 12.3 Å². The fourth-order valence-corrected chi connectivity index (χ4v) is 2.29. The van der Waals surface area contributed by atoms with Crippen molar-refractivity contribution in [3.63, 3.8) is 0 Å². The number of benzene rings is 1. The number of ether oxygens (including phenoxy) is 1. The van der Waals surface area contributed by atoms with E-state index in [2.05, 4.69) is 9.97 Å². The zero-order valence-electron chi connectivity index (χ0n) is 12.3. The normalized spacial score (nSPS) is 11.0. The summed E-state index contributed by atoms with van der Waals surface area (Å²) in [6.07, 6.45) is 1.84. The third kappa shape index (κ3) is 2.79. The van der Waals surface area contributed by atoms with Gasteiger partial charge in [0.25, 0.3) is 0 Å². The Hall–Kier alpha value is -2.82. The molecule has 0 spiro atoms. The smallest absolute Gasteiger partial charge is 0.352 e. The van der Waals surface area contributed by atoms with Crippen molar-refractivity contribution in [2.75, 3.05) is 0 Å². The standard InChI is InChI=1S/C17H16N2O3/c1-10(2)22-16-6-4-12(9-18-16)11-3-5-14-13(7-11)8-15(19-14)17(20)21/h3-10,19H,1-2H3,(H,20,21). The number of fused-ring (bicyclic) bond motifs is 1. The molecule has 0 bridgehead atoms. The van der Waals surface area contributed by atoms with Crippen LogP contribution in [-0.2, 0) is 0 Å². The minimum atomic E-state index is -0.963. The zero-order chi connectivity index (χ0) is 15.7. The Morgan fingerprint density at radius 2 is 1.95 bits per heavy atom. The second kappa shape index (κ2) is 5.52. The summed E-state index contributed by atoms with van der Waals surface area (Å²) in [5.41, 5.74) is 2.92. The molecule has 0 aliphatic carbocycles. The number of aromatic carboxylic acids is 1. The van der Waals surface area contributed by atoms with Gasteiger partial charge in [0.05, 0.1) is 6.10 Å². The number of pyridine rings is 1. The summed E-state index contributed by atoms with van der Waals surface area (Å²) in [7, 11) is 0. The molecule has 0 saturated carbocycles. The van der Waals surface area contributed by atoms with Gasteiger partial charge in [-0.05, 0) is 43.7 Å². The highest BCUT2D eigenvalue weighted by Gasteiger charge is 2.08. The van der Waals surface area contributed by atoms with E-state index in [-0.39, 0.29) is 11.8 Å². The van der Waals surface area contributed by atoms with Crippen LogP contribution in [0.3, 0.4) is 0 Å². The molecule has 3 rings (SSSR count). The molecule has 112 valence electrons. The molecule has 2 aromatic heterocycles. The van der Waals surface area contributed by atoms with Crippen molar-refractivity contribution >= 4 is 16.9 Å². The van der Waals surface area contributed by atoms with E-state index in [1.807, 2.05) is 44.2 Å². The van der Waals surface area contributed by atoms with Gasteiger partial charge < -0.3 is 14.8 Å². The minimum absolute atomic E-state index is 0.0870. The molecule has 0 atom stereocenters. The van der Waals surface area contributed by atoms with Crippen molar-refractivity contribution in [2.24, 2.45) is 0 Å². The molecule has 0 saturated heterocycles. The molecule has 3 aromatic rings.